The van der Waals surface area contributed by atoms with E-state index in [0.29, 0.717) is 30.8 Å². The van der Waals surface area contributed by atoms with Crippen LogP contribution in [-0.2, 0) is 18.8 Å². The summed E-state index contributed by atoms with van der Waals surface area (Å²) in [6, 6.07) is 6.93. The molecule has 12 heteroatoms. The Balaban J connectivity index is 1.67. The van der Waals surface area contributed by atoms with Gasteiger partial charge < -0.3 is 29.8 Å². The fraction of sp³-hybridized carbons (Fsp3) is 0.500. The molecule has 1 aromatic heterocycles. The van der Waals surface area contributed by atoms with Gasteiger partial charge in [-0.15, -0.1) is 0 Å². The maximum Gasteiger partial charge on any atom is 0.495 e. The number of carbonyl (C=O) groups is 2. The summed E-state index contributed by atoms with van der Waals surface area (Å²) < 4.78 is 24.3. The molecule has 36 heavy (non-hydrogen) atoms. The molecule has 2 aliphatic heterocycles. The quantitative estimate of drug-likeness (QED) is 0.452. The zero-order chi connectivity index (χ0) is 26.3. The normalized spacial score (nSPS) is 22.6. The Bertz CT molecular complexity index is 1200. The first-order valence-corrected chi connectivity index (χ1v) is 11.7. The maximum atomic E-state index is 12.7. The third-order valence-electron chi connectivity index (χ3n) is 7.06. The lowest BCUT2D eigenvalue weighted by Gasteiger charge is -2.32. The van der Waals surface area contributed by atoms with E-state index in [1.165, 1.54) is 18.0 Å². The predicted octanol–water partition coefficient (Wildman–Crippen LogP) is 1.91. The largest absolute Gasteiger partial charge is 0.495 e. The van der Waals surface area contributed by atoms with Crippen LogP contribution in [0, 0.1) is 17.2 Å². The van der Waals surface area contributed by atoms with Gasteiger partial charge in [-0.3, -0.25) is 9.48 Å². The Morgan fingerprint density at radius 3 is 2.56 bits per heavy atom. The number of primary amides is 1. The lowest BCUT2D eigenvalue weighted by atomic mass is 9.75. The minimum absolute atomic E-state index is 0.145. The molecule has 0 saturated carbocycles. The van der Waals surface area contributed by atoms with Crippen LogP contribution in [0.25, 0.3) is 0 Å². The number of nitriles is 1. The first-order valence-electron chi connectivity index (χ1n) is 11.7. The summed E-state index contributed by atoms with van der Waals surface area (Å²) in [5.74, 6) is -1.36. The van der Waals surface area contributed by atoms with Crippen LogP contribution in [0.1, 0.15) is 60.9 Å². The number of amides is 1. The summed E-state index contributed by atoms with van der Waals surface area (Å²) >= 11 is 0. The minimum Gasteiger partial charge on any atom is -0.465 e. The van der Waals surface area contributed by atoms with Crippen molar-refractivity contribution >= 4 is 36.0 Å². The molecule has 3 N–H and O–H groups in total. The van der Waals surface area contributed by atoms with Gasteiger partial charge in [-0.2, -0.15) is 10.4 Å². The lowest BCUT2D eigenvalue weighted by Crippen LogP contribution is -2.41. The van der Waals surface area contributed by atoms with Gasteiger partial charge in [0.05, 0.1) is 48.5 Å². The van der Waals surface area contributed by atoms with Crippen LogP contribution >= 0.6 is 0 Å². The summed E-state index contributed by atoms with van der Waals surface area (Å²) in [4.78, 5) is 24.8. The van der Waals surface area contributed by atoms with Gasteiger partial charge in [0.1, 0.15) is 5.56 Å². The average Bonchev–Trinajstić information content (AvgIpc) is 3.35. The van der Waals surface area contributed by atoms with Gasteiger partial charge in [-0.1, -0.05) is 6.07 Å². The average molecular weight is 495 g/mol. The molecule has 1 amide bonds. The number of anilines is 2. The third kappa shape index (κ3) is 4.69. The maximum absolute atomic E-state index is 12.7. The van der Waals surface area contributed by atoms with Gasteiger partial charge in [-0.05, 0) is 51.7 Å². The van der Waals surface area contributed by atoms with E-state index in [1.807, 2.05) is 27.7 Å². The number of benzene rings is 1. The van der Waals surface area contributed by atoms with Crippen LogP contribution in [0.5, 0.6) is 0 Å². The van der Waals surface area contributed by atoms with Crippen molar-refractivity contribution in [3.05, 3.63) is 35.5 Å². The highest BCUT2D eigenvalue weighted by Crippen LogP contribution is 2.37. The van der Waals surface area contributed by atoms with E-state index in [-0.39, 0.29) is 28.9 Å². The monoisotopic (exact) mass is 495 g/mol. The number of rotatable bonds is 6. The second-order valence-electron chi connectivity index (χ2n) is 9.91. The first-order chi connectivity index (χ1) is 17.0. The lowest BCUT2D eigenvalue weighted by molar-refractivity contribution is 0.00578. The highest BCUT2D eigenvalue weighted by atomic mass is 16.7. The summed E-state index contributed by atoms with van der Waals surface area (Å²) in [6.07, 6.45) is 2.08. The van der Waals surface area contributed by atoms with Crippen molar-refractivity contribution in [2.45, 2.75) is 51.4 Å². The predicted molar refractivity (Wildman–Crippen MR) is 131 cm³/mol. The van der Waals surface area contributed by atoms with Crippen molar-refractivity contribution < 1.29 is 28.4 Å². The molecule has 11 nitrogen and oxygen atoms in total. The zero-order valence-electron chi connectivity index (χ0n) is 21.0. The van der Waals surface area contributed by atoms with Crippen LogP contribution < -0.4 is 16.5 Å². The number of aromatic nitrogens is 2. The smallest absolute Gasteiger partial charge is 0.465 e. The molecule has 0 aliphatic carbocycles. The van der Waals surface area contributed by atoms with E-state index in [4.69, 9.17) is 24.5 Å². The SMILES string of the molecule is COC(=O)c1cc(Nc2nn(C3COCC[C@@H]3C#N)cc2C(N)=O)ccc1B1OC(C)(C)C(C)(C)O1. The third-order valence-corrected chi connectivity index (χ3v) is 7.06. The van der Waals surface area contributed by atoms with Crippen LogP contribution in [0.15, 0.2) is 24.4 Å². The number of nitrogens with two attached hydrogens (primary N) is 1. The molecule has 1 unspecified atom stereocenters. The highest BCUT2D eigenvalue weighted by molar-refractivity contribution is 6.63. The van der Waals surface area contributed by atoms with Gasteiger partial charge >= 0.3 is 13.1 Å². The number of carbonyl (C=O) groups excluding carboxylic acids is 2. The Morgan fingerprint density at radius 1 is 1.25 bits per heavy atom. The summed E-state index contributed by atoms with van der Waals surface area (Å²) in [5, 5.41) is 17.1. The minimum atomic E-state index is -0.771. The molecular weight excluding hydrogens is 465 g/mol. The zero-order valence-corrected chi connectivity index (χ0v) is 21.0. The fourth-order valence-corrected chi connectivity index (χ4v) is 4.20. The van der Waals surface area contributed by atoms with Gasteiger partial charge in [0.2, 0.25) is 0 Å². The summed E-state index contributed by atoms with van der Waals surface area (Å²) in [5.41, 5.74) is 5.80. The Hall–Kier alpha value is -3.40. The second-order valence-corrected chi connectivity index (χ2v) is 9.91. The van der Waals surface area contributed by atoms with Crippen LogP contribution in [0.4, 0.5) is 11.5 Å². The molecule has 2 fully saturated rings. The molecule has 1 aromatic carbocycles. The molecule has 2 atom stereocenters. The van der Waals surface area contributed by atoms with Gasteiger partial charge in [0.15, 0.2) is 5.82 Å². The number of esters is 1. The van der Waals surface area contributed by atoms with Crippen molar-refractivity contribution in [3.63, 3.8) is 0 Å². The van der Waals surface area contributed by atoms with Crippen molar-refractivity contribution in [2.24, 2.45) is 11.7 Å². The van der Waals surface area contributed by atoms with Crippen molar-refractivity contribution in [3.8, 4) is 6.07 Å². The van der Waals surface area contributed by atoms with Crippen molar-refractivity contribution in [2.75, 3.05) is 25.6 Å². The number of nitrogens with one attached hydrogen (secondary N) is 1. The van der Waals surface area contributed by atoms with E-state index < -0.39 is 30.2 Å². The van der Waals surface area contributed by atoms with E-state index in [1.54, 1.807) is 18.2 Å². The van der Waals surface area contributed by atoms with E-state index >= 15 is 0 Å². The molecule has 0 bridgehead atoms. The second kappa shape index (κ2) is 9.57. The number of nitrogens with zero attached hydrogens (tertiary/aromatic N) is 3. The molecule has 3 heterocycles. The van der Waals surface area contributed by atoms with Crippen molar-refractivity contribution in [1.82, 2.24) is 9.78 Å². The molecule has 2 aromatic rings. The van der Waals surface area contributed by atoms with Gasteiger partial charge in [0, 0.05) is 18.5 Å². The number of methoxy groups -OCH3 is 1. The molecule has 190 valence electrons. The molecule has 4 rings (SSSR count). The standard InChI is InChI=1S/C24H30BN5O6/c1-23(2)24(3,4)36-25(35-23)18-7-6-15(10-16(18)22(32)33-5)28-21-17(20(27)31)12-30(29-21)19-13-34-9-8-14(19)11-26/h6-7,10,12,14,19H,8-9,13H2,1-5H3,(H2,27,31)(H,28,29)/t14-,19?/m1/s1. The topological polar surface area (TPSA) is 151 Å². The van der Waals surface area contributed by atoms with Gasteiger partial charge in [0.25, 0.3) is 5.91 Å². The molecule has 2 aliphatic rings. The van der Waals surface area contributed by atoms with Crippen LogP contribution in [0.3, 0.4) is 0 Å². The Morgan fingerprint density at radius 2 is 1.94 bits per heavy atom. The van der Waals surface area contributed by atoms with Gasteiger partial charge in [-0.25, -0.2) is 4.79 Å². The number of ether oxygens (including phenoxy) is 2. The first kappa shape index (κ1) is 25.7. The van der Waals surface area contributed by atoms with Crippen LogP contribution in [-0.4, -0.2) is 60.3 Å². The number of hydrogen-bond donors (Lipinski definition) is 2. The van der Waals surface area contributed by atoms with E-state index in [0.717, 1.165) is 0 Å². The molecule has 2 saturated heterocycles. The molecule has 0 radical (unpaired) electrons. The fourth-order valence-electron chi connectivity index (χ4n) is 4.20. The molecular formula is C24H30BN5O6. The summed E-state index contributed by atoms with van der Waals surface area (Å²) in [6.45, 7) is 8.50. The van der Waals surface area contributed by atoms with Crippen LogP contribution in [0.2, 0.25) is 0 Å². The summed E-state index contributed by atoms with van der Waals surface area (Å²) in [7, 11) is 0.522. The highest BCUT2D eigenvalue weighted by Gasteiger charge is 2.52. The Kier molecular flexibility index (Phi) is 6.83. The van der Waals surface area contributed by atoms with E-state index in [9.17, 15) is 14.9 Å². The van der Waals surface area contributed by atoms with Crippen molar-refractivity contribution in [1.29, 1.82) is 5.26 Å². The Labute approximate surface area is 210 Å². The van der Waals surface area contributed by atoms with E-state index in [2.05, 4.69) is 16.5 Å². The number of hydrogen-bond acceptors (Lipinski definition) is 9. The molecule has 0 spiro atoms.